The summed E-state index contributed by atoms with van der Waals surface area (Å²) in [5.74, 6) is -4.06. The first kappa shape index (κ1) is 18.4. The van der Waals surface area contributed by atoms with Gasteiger partial charge in [-0.3, -0.25) is 0 Å². The van der Waals surface area contributed by atoms with Crippen LogP contribution in [-0.2, 0) is 6.18 Å². The second kappa shape index (κ2) is 6.89. The van der Waals surface area contributed by atoms with Crippen LogP contribution in [0.3, 0.4) is 0 Å². The lowest BCUT2D eigenvalue weighted by Gasteiger charge is -2.15. The Hall–Kier alpha value is -1.94. The lowest BCUT2D eigenvalue weighted by Crippen LogP contribution is -2.19. The highest BCUT2D eigenvalue weighted by Crippen LogP contribution is 2.38. The number of nitrogens with one attached hydrogen (secondary N) is 1. The largest absolute Gasteiger partial charge is 0.449 e. The van der Waals surface area contributed by atoms with Gasteiger partial charge in [0.1, 0.15) is 0 Å². The number of thiocarbonyl (C=S) groups is 1. The zero-order chi connectivity index (χ0) is 18.1. The average Bonchev–Trinajstić information content (AvgIpc) is 2.43. The molecule has 0 aliphatic carbocycles. The van der Waals surface area contributed by atoms with E-state index in [0.29, 0.717) is 4.47 Å². The van der Waals surface area contributed by atoms with Crippen LogP contribution in [0.1, 0.15) is 5.56 Å². The molecule has 0 unspecified atom stereocenters. The predicted octanol–water partition coefficient (Wildman–Crippen LogP) is 5.19. The zero-order valence-electron chi connectivity index (χ0n) is 11.5. The quantitative estimate of drug-likeness (QED) is 0.523. The molecular formula is C14H8BrF5N2OS. The topological polar surface area (TPSA) is 47.3 Å². The van der Waals surface area contributed by atoms with E-state index in [2.05, 4.69) is 33.5 Å². The van der Waals surface area contributed by atoms with Crippen molar-refractivity contribution in [1.29, 1.82) is 0 Å². The lowest BCUT2D eigenvalue weighted by atomic mass is 10.2. The van der Waals surface area contributed by atoms with E-state index in [9.17, 15) is 22.0 Å². The number of anilines is 1. The summed E-state index contributed by atoms with van der Waals surface area (Å²) in [6.45, 7) is 0. The maximum absolute atomic E-state index is 13.9. The van der Waals surface area contributed by atoms with Gasteiger partial charge in [0.25, 0.3) is 0 Å². The van der Waals surface area contributed by atoms with E-state index in [1.165, 1.54) is 12.1 Å². The Morgan fingerprint density at radius 2 is 1.71 bits per heavy atom. The van der Waals surface area contributed by atoms with Crippen molar-refractivity contribution in [3.05, 3.63) is 52.0 Å². The Labute approximate surface area is 146 Å². The summed E-state index contributed by atoms with van der Waals surface area (Å²) in [6.07, 6.45) is -4.88. The number of ether oxygens (including phenoxy) is 1. The van der Waals surface area contributed by atoms with Gasteiger partial charge in [-0.25, -0.2) is 8.78 Å². The predicted molar refractivity (Wildman–Crippen MR) is 86.0 cm³/mol. The fourth-order valence-electron chi connectivity index (χ4n) is 1.75. The van der Waals surface area contributed by atoms with E-state index >= 15 is 0 Å². The fourth-order valence-corrected chi connectivity index (χ4v) is 2.20. The molecule has 24 heavy (non-hydrogen) atoms. The third kappa shape index (κ3) is 4.32. The number of benzene rings is 2. The fraction of sp³-hybridized carbons (Fsp3) is 0.0714. The molecule has 10 heteroatoms. The molecule has 128 valence electrons. The second-order valence-corrected chi connectivity index (χ2v) is 5.85. The molecule has 0 aromatic heterocycles. The summed E-state index contributed by atoms with van der Waals surface area (Å²) in [6, 6.07) is 4.68. The monoisotopic (exact) mass is 426 g/mol. The van der Waals surface area contributed by atoms with Crippen LogP contribution in [0.2, 0.25) is 0 Å². The molecule has 3 nitrogen and oxygen atoms in total. The highest BCUT2D eigenvalue weighted by molar-refractivity contribution is 9.10. The van der Waals surface area contributed by atoms with E-state index < -0.39 is 29.1 Å². The van der Waals surface area contributed by atoms with Gasteiger partial charge in [-0.05, 0) is 42.5 Å². The first-order chi connectivity index (χ1) is 11.1. The SMILES string of the molecule is NC(=S)Nc1ccc(Br)cc1Oc1c(F)cc(C(F)(F)F)cc1F. The third-order valence-corrected chi connectivity index (χ3v) is 3.33. The molecular weight excluding hydrogens is 419 g/mol. The standard InChI is InChI=1S/C14H8BrF5N2OS/c15-7-1-2-10(22-13(21)24)11(5-7)23-12-8(16)3-6(4-9(12)17)14(18,19)20/h1-5H,(H3,21,22,24). The zero-order valence-corrected chi connectivity index (χ0v) is 14.0. The number of hydrogen-bond donors (Lipinski definition) is 2. The number of nitrogens with two attached hydrogens (primary N) is 1. The summed E-state index contributed by atoms with van der Waals surface area (Å²) in [5.41, 5.74) is 4.06. The minimum absolute atomic E-state index is 0.0882. The molecule has 0 bridgehead atoms. The molecule has 2 aromatic rings. The van der Waals surface area contributed by atoms with Crippen molar-refractivity contribution < 1.29 is 26.7 Å². The van der Waals surface area contributed by atoms with Crippen LogP contribution in [0.15, 0.2) is 34.8 Å². The second-order valence-electron chi connectivity index (χ2n) is 4.50. The van der Waals surface area contributed by atoms with Gasteiger partial charge in [0.05, 0.1) is 11.3 Å². The molecule has 2 rings (SSSR count). The molecule has 0 spiro atoms. The molecule has 0 amide bonds. The molecule has 0 saturated heterocycles. The molecule has 0 fully saturated rings. The Morgan fingerprint density at radius 3 is 2.21 bits per heavy atom. The molecule has 0 radical (unpaired) electrons. The molecule has 3 N–H and O–H groups in total. The van der Waals surface area contributed by atoms with Crippen molar-refractivity contribution in [3.63, 3.8) is 0 Å². The number of alkyl halides is 3. The summed E-state index contributed by atoms with van der Waals surface area (Å²) in [4.78, 5) is 0. The van der Waals surface area contributed by atoms with Crippen molar-refractivity contribution in [2.75, 3.05) is 5.32 Å². The van der Waals surface area contributed by atoms with Crippen molar-refractivity contribution in [1.82, 2.24) is 0 Å². The summed E-state index contributed by atoms with van der Waals surface area (Å²) in [7, 11) is 0. The normalized spacial score (nSPS) is 11.2. The van der Waals surface area contributed by atoms with Crippen molar-refractivity contribution in [2.45, 2.75) is 6.18 Å². The van der Waals surface area contributed by atoms with Crippen LogP contribution in [0.4, 0.5) is 27.6 Å². The summed E-state index contributed by atoms with van der Waals surface area (Å²) in [5, 5.41) is 2.40. The lowest BCUT2D eigenvalue weighted by molar-refractivity contribution is -0.138. The first-order valence-corrected chi connectivity index (χ1v) is 7.38. The molecule has 0 atom stereocenters. The summed E-state index contributed by atoms with van der Waals surface area (Å²) < 4.78 is 71.0. The average molecular weight is 427 g/mol. The van der Waals surface area contributed by atoms with Gasteiger partial charge >= 0.3 is 6.18 Å². The van der Waals surface area contributed by atoms with Gasteiger partial charge in [-0.1, -0.05) is 15.9 Å². The third-order valence-electron chi connectivity index (χ3n) is 2.74. The number of rotatable bonds is 3. The molecule has 0 heterocycles. The Morgan fingerprint density at radius 1 is 1.12 bits per heavy atom. The molecule has 0 aliphatic rings. The number of halogens is 6. The minimum Gasteiger partial charge on any atom is -0.449 e. The highest BCUT2D eigenvalue weighted by atomic mass is 79.9. The smallest absolute Gasteiger partial charge is 0.416 e. The number of hydrogen-bond acceptors (Lipinski definition) is 2. The van der Waals surface area contributed by atoms with Crippen LogP contribution in [0, 0.1) is 11.6 Å². The van der Waals surface area contributed by atoms with E-state index in [-0.39, 0.29) is 28.7 Å². The van der Waals surface area contributed by atoms with Crippen LogP contribution >= 0.6 is 28.1 Å². The highest BCUT2D eigenvalue weighted by Gasteiger charge is 2.33. The Bertz CT molecular complexity index is 774. The maximum Gasteiger partial charge on any atom is 0.416 e. The van der Waals surface area contributed by atoms with E-state index in [4.69, 9.17) is 10.5 Å². The van der Waals surface area contributed by atoms with Crippen molar-refractivity contribution >= 4 is 38.9 Å². The molecule has 2 aromatic carbocycles. The van der Waals surface area contributed by atoms with Gasteiger partial charge in [0.2, 0.25) is 0 Å². The van der Waals surface area contributed by atoms with E-state index in [1.54, 1.807) is 6.07 Å². The molecule has 0 aliphatic heterocycles. The summed E-state index contributed by atoms with van der Waals surface area (Å²) >= 11 is 7.81. The van der Waals surface area contributed by atoms with Crippen LogP contribution < -0.4 is 15.8 Å². The first-order valence-electron chi connectivity index (χ1n) is 6.18. The van der Waals surface area contributed by atoms with Crippen LogP contribution in [0.5, 0.6) is 11.5 Å². The van der Waals surface area contributed by atoms with Gasteiger partial charge in [0.15, 0.2) is 28.2 Å². The van der Waals surface area contributed by atoms with Crippen LogP contribution in [-0.4, -0.2) is 5.11 Å². The van der Waals surface area contributed by atoms with E-state index in [1.807, 2.05) is 0 Å². The van der Waals surface area contributed by atoms with Crippen molar-refractivity contribution in [3.8, 4) is 11.5 Å². The van der Waals surface area contributed by atoms with Crippen LogP contribution in [0.25, 0.3) is 0 Å². The van der Waals surface area contributed by atoms with Gasteiger partial charge in [-0.2, -0.15) is 13.2 Å². The minimum atomic E-state index is -4.88. The van der Waals surface area contributed by atoms with Gasteiger partial charge in [0, 0.05) is 4.47 Å². The van der Waals surface area contributed by atoms with Gasteiger partial charge < -0.3 is 15.8 Å². The van der Waals surface area contributed by atoms with E-state index in [0.717, 1.165) is 0 Å². The van der Waals surface area contributed by atoms with Crippen molar-refractivity contribution in [2.24, 2.45) is 5.73 Å². The Balaban J connectivity index is 2.45. The maximum atomic E-state index is 13.9. The van der Waals surface area contributed by atoms with Gasteiger partial charge in [-0.15, -0.1) is 0 Å². The Kier molecular flexibility index (Phi) is 5.29. The molecule has 0 saturated carbocycles.